The molecule has 3 aliphatic rings. The van der Waals surface area contributed by atoms with E-state index in [1.54, 1.807) is 18.2 Å². The summed E-state index contributed by atoms with van der Waals surface area (Å²) in [4.78, 5) is 32.3. The maximum absolute atomic E-state index is 13.6. The van der Waals surface area contributed by atoms with E-state index in [1.807, 2.05) is 4.90 Å². The van der Waals surface area contributed by atoms with E-state index >= 15 is 0 Å². The van der Waals surface area contributed by atoms with Crippen LogP contribution in [-0.4, -0.2) is 77.7 Å². The highest BCUT2D eigenvalue weighted by molar-refractivity contribution is 6.35. The molecule has 1 N–H and O–H groups in total. The van der Waals surface area contributed by atoms with Gasteiger partial charge in [0.2, 0.25) is 6.79 Å². The number of carbonyl (C=O) groups is 2. The van der Waals surface area contributed by atoms with Gasteiger partial charge in [0.1, 0.15) is 11.5 Å². The quantitative estimate of drug-likeness (QED) is 0.663. The molecular weight excluding hydrogens is 429 g/mol. The van der Waals surface area contributed by atoms with Gasteiger partial charge in [-0.3, -0.25) is 19.4 Å². The molecule has 0 aliphatic carbocycles. The van der Waals surface area contributed by atoms with Gasteiger partial charge in [-0.15, -0.1) is 0 Å². The smallest absolute Gasteiger partial charge is 0.278 e. The fraction of sp³-hybridized carbons (Fsp3) is 0.333. The second-order valence-electron chi connectivity index (χ2n) is 8.17. The standard InChI is InChI=1S/C24H24FN3O5/c25-18-4-2-17(3-5-18)21-22(27-9-7-26(8-10-27)11-12-29)24(31)28(23(21)30)14-16-1-6-19-20(13-16)33-15-32-19/h1-6,13,29H,7-12,14-15H2. The second-order valence-corrected chi connectivity index (χ2v) is 8.17. The Hall–Kier alpha value is -3.43. The van der Waals surface area contributed by atoms with Gasteiger partial charge >= 0.3 is 0 Å². The third kappa shape index (κ3) is 4.05. The van der Waals surface area contributed by atoms with E-state index in [-0.39, 0.29) is 31.4 Å². The summed E-state index contributed by atoms with van der Waals surface area (Å²) < 4.78 is 24.3. The average molecular weight is 453 g/mol. The van der Waals surface area contributed by atoms with E-state index in [2.05, 4.69) is 4.90 Å². The summed E-state index contributed by atoms with van der Waals surface area (Å²) in [6.07, 6.45) is 0. The minimum atomic E-state index is -0.410. The first kappa shape index (κ1) is 21.4. The molecule has 0 saturated carbocycles. The maximum Gasteiger partial charge on any atom is 0.278 e. The van der Waals surface area contributed by atoms with Crippen LogP contribution in [0, 0.1) is 5.82 Å². The van der Waals surface area contributed by atoms with E-state index in [9.17, 15) is 19.1 Å². The molecule has 33 heavy (non-hydrogen) atoms. The number of aliphatic hydroxyl groups is 1. The lowest BCUT2D eigenvalue weighted by Crippen LogP contribution is -2.48. The van der Waals surface area contributed by atoms with Gasteiger partial charge < -0.3 is 19.5 Å². The van der Waals surface area contributed by atoms with Crippen LogP contribution < -0.4 is 9.47 Å². The molecular formula is C24H24FN3O5. The number of piperazine rings is 1. The van der Waals surface area contributed by atoms with Crippen LogP contribution in [0.3, 0.4) is 0 Å². The van der Waals surface area contributed by atoms with Crippen LogP contribution in [0.2, 0.25) is 0 Å². The van der Waals surface area contributed by atoms with E-state index in [1.165, 1.54) is 29.2 Å². The third-order valence-electron chi connectivity index (χ3n) is 6.16. The Kier molecular flexibility index (Phi) is 5.74. The fourth-order valence-corrected chi connectivity index (χ4v) is 4.44. The number of hydrogen-bond donors (Lipinski definition) is 1. The Morgan fingerprint density at radius 1 is 0.909 bits per heavy atom. The van der Waals surface area contributed by atoms with Gasteiger partial charge in [-0.05, 0) is 35.4 Å². The lowest BCUT2D eigenvalue weighted by Gasteiger charge is -2.36. The van der Waals surface area contributed by atoms with Crippen molar-refractivity contribution in [3.8, 4) is 11.5 Å². The van der Waals surface area contributed by atoms with Gasteiger partial charge in [-0.2, -0.15) is 0 Å². The van der Waals surface area contributed by atoms with Gasteiger partial charge in [-0.25, -0.2) is 4.39 Å². The molecule has 0 unspecified atom stereocenters. The molecule has 172 valence electrons. The van der Waals surface area contributed by atoms with E-state index in [4.69, 9.17) is 9.47 Å². The summed E-state index contributed by atoms with van der Waals surface area (Å²) in [7, 11) is 0. The topological polar surface area (TPSA) is 82.6 Å². The van der Waals surface area contributed by atoms with Gasteiger partial charge in [0.05, 0.1) is 18.7 Å². The number of ether oxygens (including phenoxy) is 2. The van der Waals surface area contributed by atoms with Crippen molar-refractivity contribution in [1.29, 1.82) is 0 Å². The third-order valence-corrected chi connectivity index (χ3v) is 6.16. The summed E-state index contributed by atoms with van der Waals surface area (Å²) in [6, 6.07) is 11.0. The lowest BCUT2D eigenvalue weighted by molar-refractivity contribution is -0.138. The van der Waals surface area contributed by atoms with Crippen LogP contribution in [0.15, 0.2) is 48.2 Å². The first-order valence-electron chi connectivity index (χ1n) is 10.9. The predicted octanol–water partition coefficient (Wildman–Crippen LogP) is 1.44. The number of benzene rings is 2. The number of hydrogen-bond acceptors (Lipinski definition) is 7. The maximum atomic E-state index is 13.6. The molecule has 0 atom stereocenters. The Balaban J connectivity index is 1.45. The number of carbonyl (C=O) groups excluding carboxylic acids is 2. The van der Waals surface area contributed by atoms with Crippen molar-refractivity contribution < 1.29 is 28.6 Å². The zero-order valence-corrected chi connectivity index (χ0v) is 18.0. The molecule has 0 spiro atoms. The molecule has 0 bridgehead atoms. The van der Waals surface area contributed by atoms with E-state index in [0.717, 1.165) is 5.56 Å². The Bertz CT molecular complexity index is 1110. The summed E-state index contributed by atoms with van der Waals surface area (Å²) in [5, 5.41) is 9.20. The molecule has 3 aliphatic heterocycles. The van der Waals surface area contributed by atoms with Gasteiger partial charge in [-0.1, -0.05) is 18.2 Å². The highest BCUT2D eigenvalue weighted by atomic mass is 19.1. The van der Waals surface area contributed by atoms with Crippen molar-refractivity contribution >= 4 is 17.4 Å². The first-order valence-corrected chi connectivity index (χ1v) is 10.9. The molecule has 2 aromatic rings. The number of aliphatic hydroxyl groups excluding tert-OH is 1. The monoisotopic (exact) mass is 453 g/mol. The lowest BCUT2D eigenvalue weighted by atomic mass is 10.0. The van der Waals surface area contributed by atoms with Crippen LogP contribution in [-0.2, 0) is 16.1 Å². The average Bonchev–Trinajstić information content (AvgIpc) is 3.38. The van der Waals surface area contributed by atoms with Crippen molar-refractivity contribution in [3.63, 3.8) is 0 Å². The van der Waals surface area contributed by atoms with Crippen LogP contribution >= 0.6 is 0 Å². The Morgan fingerprint density at radius 2 is 1.64 bits per heavy atom. The van der Waals surface area contributed by atoms with Gasteiger partial charge in [0.15, 0.2) is 11.5 Å². The number of rotatable bonds is 6. The largest absolute Gasteiger partial charge is 0.454 e. The molecule has 2 amide bonds. The van der Waals surface area contributed by atoms with E-state index in [0.29, 0.717) is 55.5 Å². The van der Waals surface area contributed by atoms with Crippen molar-refractivity contribution in [3.05, 3.63) is 65.1 Å². The van der Waals surface area contributed by atoms with Gasteiger partial charge in [0, 0.05) is 32.7 Å². The normalized spacial score (nSPS) is 18.6. The second kappa shape index (κ2) is 8.84. The van der Waals surface area contributed by atoms with Crippen molar-refractivity contribution in [2.24, 2.45) is 0 Å². The van der Waals surface area contributed by atoms with E-state index < -0.39 is 11.7 Å². The SMILES string of the molecule is O=C1C(c2ccc(F)cc2)=C(N2CCN(CCO)CC2)C(=O)N1Cc1ccc2c(c1)OCO2. The molecule has 3 heterocycles. The van der Waals surface area contributed by atoms with Crippen LogP contribution in [0.5, 0.6) is 11.5 Å². The fourth-order valence-electron chi connectivity index (χ4n) is 4.44. The summed E-state index contributed by atoms with van der Waals surface area (Å²) in [5.74, 6) is 0.0279. The summed E-state index contributed by atoms with van der Waals surface area (Å²) in [6.45, 7) is 3.32. The Labute approximate surface area is 190 Å². The molecule has 2 aromatic carbocycles. The number of imide groups is 1. The minimum absolute atomic E-state index is 0.0737. The summed E-state index contributed by atoms with van der Waals surface area (Å²) >= 11 is 0. The minimum Gasteiger partial charge on any atom is -0.454 e. The molecule has 0 aromatic heterocycles. The number of nitrogens with zero attached hydrogens (tertiary/aromatic N) is 3. The van der Waals surface area contributed by atoms with Crippen LogP contribution in [0.25, 0.3) is 5.57 Å². The zero-order valence-electron chi connectivity index (χ0n) is 18.0. The molecule has 1 fully saturated rings. The summed E-state index contributed by atoms with van der Waals surface area (Å²) in [5.41, 5.74) is 1.89. The van der Waals surface area contributed by atoms with Gasteiger partial charge in [0.25, 0.3) is 11.8 Å². The highest BCUT2D eigenvalue weighted by Crippen LogP contribution is 2.36. The number of β-amino-alcohol motifs (C(OH)–C–C–N with tert-alkyl or cyclic N) is 1. The van der Waals surface area contributed by atoms with Crippen LogP contribution in [0.4, 0.5) is 4.39 Å². The van der Waals surface area contributed by atoms with Crippen molar-refractivity contribution in [1.82, 2.24) is 14.7 Å². The molecule has 0 radical (unpaired) electrons. The zero-order chi connectivity index (χ0) is 22.9. The molecule has 1 saturated heterocycles. The molecule has 8 nitrogen and oxygen atoms in total. The predicted molar refractivity (Wildman–Crippen MR) is 117 cm³/mol. The molecule has 9 heteroatoms. The number of halogens is 1. The van der Waals surface area contributed by atoms with Crippen LogP contribution in [0.1, 0.15) is 11.1 Å². The number of fused-ring (bicyclic) bond motifs is 1. The first-order chi connectivity index (χ1) is 16.0. The number of amides is 2. The van der Waals surface area contributed by atoms with Crippen molar-refractivity contribution in [2.75, 3.05) is 46.1 Å². The highest BCUT2D eigenvalue weighted by Gasteiger charge is 2.42. The Morgan fingerprint density at radius 3 is 2.36 bits per heavy atom. The molecule has 5 rings (SSSR count). The van der Waals surface area contributed by atoms with Crippen molar-refractivity contribution in [2.45, 2.75) is 6.54 Å².